The number of thiophene rings is 1. The first kappa shape index (κ1) is 15.9. The van der Waals surface area contributed by atoms with E-state index in [0.29, 0.717) is 12.5 Å². The van der Waals surface area contributed by atoms with Crippen LogP contribution in [0.1, 0.15) is 18.7 Å². The Morgan fingerprint density at radius 1 is 1.29 bits per heavy atom. The zero-order valence-electron chi connectivity index (χ0n) is 11.8. The van der Waals surface area contributed by atoms with E-state index in [9.17, 15) is 0 Å². The van der Waals surface area contributed by atoms with Crippen LogP contribution in [0.25, 0.3) is 0 Å². The van der Waals surface area contributed by atoms with Crippen LogP contribution in [0.15, 0.2) is 15.9 Å². The van der Waals surface area contributed by atoms with Crippen LogP contribution in [0.3, 0.4) is 0 Å². The maximum atomic E-state index is 5.46. The van der Waals surface area contributed by atoms with E-state index in [4.69, 9.17) is 10.6 Å². The molecular formula is C12H17BrN6OS. The van der Waals surface area contributed by atoms with Crippen LogP contribution in [0.2, 0.25) is 0 Å². The minimum atomic E-state index is -0.0191. The molecule has 0 radical (unpaired) electrons. The second-order valence-electron chi connectivity index (χ2n) is 4.46. The SMILES string of the molecule is CC(C)Oc1nc(NN)nc(NCCc2ccc(Br)s2)n1. The lowest BCUT2D eigenvalue weighted by Crippen LogP contribution is -2.17. The Hall–Kier alpha value is -1.45. The van der Waals surface area contributed by atoms with Crippen LogP contribution in [0, 0.1) is 0 Å². The van der Waals surface area contributed by atoms with Gasteiger partial charge in [0.25, 0.3) is 0 Å². The number of hydrazine groups is 1. The monoisotopic (exact) mass is 372 g/mol. The molecule has 0 bridgehead atoms. The van der Waals surface area contributed by atoms with E-state index in [0.717, 1.165) is 10.2 Å². The molecule has 21 heavy (non-hydrogen) atoms. The summed E-state index contributed by atoms with van der Waals surface area (Å²) in [5, 5.41) is 3.14. The van der Waals surface area contributed by atoms with E-state index in [1.165, 1.54) is 4.88 Å². The average molecular weight is 373 g/mol. The molecular weight excluding hydrogens is 356 g/mol. The Morgan fingerprint density at radius 2 is 2.05 bits per heavy atom. The number of nitrogens with two attached hydrogens (primary N) is 1. The molecule has 0 amide bonds. The van der Waals surface area contributed by atoms with Gasteiger partial charge in [-0.25, -0.2) is 5.84 Å². The van der Waals surface area contributed by atoms with Crippen LogP contribution in [-0.2, 0) is 6.42 Å². The number of nitrogens with one attached hydrogen (secondary N) is 2. The Bertz CT molecular complexity index is 591. The van der Waals surface area contributed by atoms with Crippen LogP contribution < -0.4 is 21.3 Å². The van der Waals surface area contributed by atoms with Gasteiger partial charge in [0.05, 0.1) is 9.89 Å². The quantitative estimate of drug-likeness (QED) is 0.506. The Morgan fingerprint density at radius 3 is 2.67 bits per heavy atom. The average Bonchev–Trinajstić information content (AvgIpc) is 2.83. The van der Waals surface area contributed by atoms with Crippen LogP contribution in [0.4, 0.5) is 11.9 Å². The molecule has 0 unspecified atom stereocenters. The van der Waals surface area contributed by atoms with Crippen molar-refractivity contribution < 1.29 is 4.74 Å². The summed E-state index contributed by atoms with van der Waals surface area (Å²) < 4.78 is 6.59. The van der Waals surface area contributed by atoms with E-state index >= 15 is 0 Å². The predicted octanol–water partition coefficient (Wildman–Crippen LogP) is 2.42. The highest BCUT2D eigenvalue weighted by atomic mass is 79.9. The van der Waals surface area contributed by atoms with Crippen molar-refractivity contribution in [1.82, 2.24) is 15.0 Å². The number of rotatable bonds is 7. The predicted molar refractivity (Wildman–Crippen MR) is 87.6 cm³/mol. The number of anilines is 2. The van der Waals surface area contributed by atoms with Crippen molar-refractivity contribution in [3.05, 3.63) is 20.8 Å². The van der Waals surface area contributed by atoms with Gasteiger partial charge in [-0.1, -0.05) is 0 Å². The van der Waals surface area contributed by atoms with Gasteiger partial charge in [0.15, 0.2) is 0 Å². The molecule has 7 nitrogen and oxygen atoms in total. The molecule has 2 rings (SSSR count). The minimum Gasteiger partial charge on any atom is -0.461 e. The third-order valence-electron chi connectivity index (χ3n) is 2.37. The van der Waals surface area contributed by atoms with Crippen molar-refractivity contribution in [2.24, 2.45) is 5.84 Å². The van der Waals surface area contributed by atoms with Gasteiger partial charge in [-0.2, -0.15) is 15.0 Å². The molecule has 0 atom stereocenters. The highest BCUT2D eigenvalue weighted by Gasteiger charge is 2.08. The first-order valence-corrected chi connectivity index (χ1v) is 8.05. The van der Waals surface area contributed by atoms with Crippen LogP contribution in [0.5, 0.6) is 6.01 Å². The third-order valence-corrected chi connectivity index (χ3v) is 4.05. The summed E-state index contributed by atoms with van der Waals surface area (Å²) in [5.41, 5.74) is 2.41. The fourth-order valence-corrected chi connectivity index (χ4v) is 3.03. The number of hydrogen-bond donors (Lipinski definition) is 3. The summed E-state index contributed by atoms with van der Waals surface area (Å²) in [6.07, 6.45) is 0.864. The van der Waals surface area contributed by atoms with E-state index in [-0.39, 0.29) is 18.1 Å². The number of hydrogen-bond acceptors (Lipinski definition) is 8. The second kappa shape index (κ2) is 7.53. The standard InChI is InChI=1S/C12H17BrN6OS/c1-7(2)20-12-17-10(16-11(18-12)19-14)15-6-5-8-3-4-9(13)21-8/h3-4,7H,5-6,14H2,1-2H3,(H2,15,16,17,18,19). The fourth-order valence-electron chi connectivity index (χ4n) is 1.55. The van der Waals surface area contributed by atoms with Gasteiger partial charge < -0.3 is 10.1 Å². The Balaban J connectivity index is 1.97. The van der Waals surface area contributed by atoms with Crippen molar-refractivity contribution in [2.45, 2.75) is 26.4 Å². The molecule has 0 aliphatic carbocycles. The highest BCUT2D eigenvalue weighted by Crippen LogP contribution is 2.22. The van der Waals surface area contributed by atoms with Gasteiger partial charge in [-0.05, 0) is 48.3 Å². The molecule has 0 spiro atoms. The lowest BCUT2D eigenvalue weighted by atomic mass is 10.3. The van der Waals surface area contributed by atoms with Crippen molar-refractivity contribution in [3.8, 4) is 6.01 Å². The molecule has 0 saturated heterocycles. The fraction of sp³-hybridized carbons (Fsp3) is 0.417. The summed E-state index contributed by atoms with van der Waals surface area (Å²) in [7, 11) is 0. The summed E-state index contributed by atoms with van der Waals surface area (Å²) in [6.45, 7) is 4.52. The lowest BCUT2D eigenvalue weighted by Gasteiger charge is -2.10. The van der Waals surface area contributed by atoms with E-state index in [1.807, 2.05) is 19.9 Å². The van der Waals surface area contributed by atoms with E-state index in [2.05, 4.69) is 47.7 Å². The maximum Gasteiger partial charge on any atom is 0.323 e. The van der Waals surface area contributed by atoms with E-state index < -0.39 is 0 Å². The molecule has 2 heterocycles. The zero-order valence-corrected chi connectivity index (χ0v) is 14.2. The lowest BCUT2D eigenvalue weighted by molar-refractivity contribution is 0.222. The number of nitrogens with zero attached hydrogens (tertiary/aromatic N) is 3. The van der Waals surface area contributed by atoms with Crippen molar-refractivity contribution >= 4 is 39.2 Å². The van der Waals surface area contributed by atoms with Gasteiger partial charge in [0.2, 0.25) is 11.9 Å². The van der Waals surface area contributed by atoms with Crippen molar-refractivity contribution in [2.75, 3.05) is 17.3 Å². The zero-order chi connectivity index (χ0) is 15.2. The molecule has 9 heteroatoms. The van der Waals surface area contributed by atoms with Gasteiger partial charge >= 0.3 is 6.01 Å². The highest BCUT2D eigenvalue weighted by molar-refractivity contribution is 9.11. The second-order valence-corrected chi connectivity index (χ2v) is 7.01. The molecule has 0 fully saturated rings. The van der Waals surface area contributed by atoms with Crippen molar-refractivity contribution in [1.29, 1.82) is 0 Å². The molecule has 0 saturated carbocycles. The van der Waals surface area contributed by atoms with E-state index in [1.54, 1.807) is 11.3 Å². The number of ether oxygens (including phenoxy) is 1. The molecule has 0 aromatic carbocycles. The normalized spacial score (nSPS) is 10.7. The smallest absolute Gasteiger partial charge is 0.323 e. The first-order chi connectivity index (χ1) is 10.1. The molecule has 114 valence electrons. The number of nitrogen functional groups attached to an aromatic ring is 1. The van der Waals surface area contributed by atoms with Gasteiger partial charge in [-0.3, -0.25) is 5.43 Å². The largest absolute Gasteiger partial charge is 0.461 e. The van der Waals surface area contributed by atoms with Gasteiger partial charge in [0, 0.05) is 11.4 Å². The summed E-state index contributed by atoms with van der Waals surface area (Å²) in [5.74, 6) is 6.05. The summed E-state index contributed by atoms with van der Waals surface area (Å²) in [4.78, 5) is 13.7. The number of halogens is 1. The topological polar surface area (TPSA) is 98.0 Å². The van der Waals surface area contributed by atoms with Crippen LogP contribution >= 0.6 is 27.3 Å². The number of aromatic nitrogens is 3. The maximum absolute atomic E-state index is 5.46. The molecule has 2 aromatic rings. The first-order valence-electron chi connectivity index (χ1n) is 6.44. The third kappa shape index (κ3) is 5.10. The summed E-state index contributed by atoms with van der Waals surface area (Å²) >= 11 is 5.16. The van der Waals surface area contributed by atoms with Gasteiger partial charge in [-0.15, -0.1) is 11.3 Å². The van der Waals surface area contributed by atoms with Crippen LogP contribution in [-0.4, -0.2) is 27.6 Å². The molecule has 0 aliphatic heterocycles. The Labute approximate surface area is 135 Å². The molecule has 4 N–H and O–H groups in total. The molecule has 0 aliphatic rings. The minimum absolute atomic E-state index is 0.0191. The van der Waals surface area contributed by atoms with Crippen molar-refractivity contribution in [3.63, 3.8) is 0 Å². The molecule has 2 aromatic heterocycles. The summed E-state index contributed by atoms with van der Waals surface area (Å²) in [6, 6.07) is 4.37. The Kier molecular flexibility index (Phi) is 5.71. The van der Waals surface area contributed by atoms with Gasteiger partial charge in [0.1, 0.15) is 0 Å².